The zero-order valence-electron chi connectivity index (χ0n) is 22.4. The van der Waals surface area contributed by atoms with E-state index in [-0.39, 0.29) is 38.0 Å². The van der Waals surface area contributed by atoms with Gasteiger partial charge in [-0.2, -0.15) is 17.5 Å². The molecule has 0 unspecified atom stereocenters. The Balaban J connectivity index is 1.56. The fourth-order valence-corrected chi connectivity index (χ4v) is 10.3. The second-order valence-corrected chi connectivity index (χ2v) is 15.0. The number of sulfone groups is 1. The lowest BCUT2D eigenvalue weighted by Gasteiger charge is -2.49. The lowest BCUT2D eigenvalue weighted by Crippen LogP contribution is -2.56. The highest BCUT2D eigenvalue weighted by Crippen LogP contribution is 2.53. The van der Waals surface area contributed by atoms with Gasteiger partial charge in [-0.1, -0.05) is 12.1 Å². The van der Waals surface area contributed by atoms with E-state index in [0.29, 0.717) is 23.4 Å². The van der Waals surface area contributed by atoms with Crippen molar-refractivity contribution in [2.75, 3.05) is 12.9 Å². The summed E-state index contributed by atoms with van der Waals surface area (Å²) in [6, 6.07) is 11.6. The molecule has 3 aromatic rings. The van der Waals surface area contributed by atoms with E-state index in [9.17, 15) is 34.4 Å². The molecule has 0 bridgehead atoms. The Hall–Kier alpha value is -3.03. The first kappa shape index (κ1) is 30.4. The summed E-state index contributed by atoms with van der Waals surface area (Å²) in [6.07, 6.45) is -5.11. The van der Waals surface area contributed by atoms with Crippen LogP contribution in [0, 0.1) is 17.6 Å². The number of benzene rings is 3. The summed E-state index contributed by atoms with van der Waals surface area (Å²) in [5, 5.41) is 0. The van der Waals surface area contributed by atoms with E-state index >= 15 is 4.39 Å². The Morgan fingerprint density at radius 1 is 0.976 bits per heavy atom. The Morgan fingerprint density at radius 2 is 1.64 bits per heavy atom. The third-order valence-corrected chi connectivity index (χ3v) is 12.8. The van der Waals surface area contributed by atoms with Crippen molar-refractivity contribution in [2.45, 2.75) is 54.1 Å². The molecule has 1 saturated heterocycles. The topological polar surface area (TPSA) is 80.8 Å². The van der Waals surface area contributed by atoms with Gasteiger partial charge < -0.3 is 4.74 Å². The predicted octanol–water partition coefficient (Wildman–Crippen LogP) is 6.07. The third-order valence-electron chi connectivity index (χ3n) is 8.38. The molecule has 0 radical (unpaired) electrons. The average molecular weight is 630 g/mol. The summed E-state index contributed by atoms with van der Waals surface area (Å²) in [4.78, 5) is -0.462. The number of hydrogen-bond acceptors (Lipinski definition) is 5. The van der Waals surface area contributed by atoms with Crippen molar-refractivity contribution in [3.8, 4) is 5.75 Å². The minimum absolute atomic E-state index is 0.00979. The summed E-state index contributed by atoms with van der Waals surface area (Å²) in [5.41, 5.74) is -0.788. The summed E-state index contributed by atoms with van der Waals surface area (Å²) >= 11 is 0. The number of nitrogens with zero attached hydrogens (tertiary/aromatic N) is 1. The lowest BCUT2D eigenvalue weighted by molar-refractivity contribution is -0.137. The van der Waals surface area contributed by atoms with Crippen LogP contribution >= 0.6 is 0 Å². The molecule has 1 saturated carbocycles. The predicted molar refractivity (Wildman–Crippen MR) is 145 cm³/mol. The minimum Gasteiger partial charge on any atom is -0.497 e. The van der Waals surface area contributed by atoms with Crippen molar-refractivity contribution >= 4 is 19.9 Å². The summed E-state index contributed by atoms with van der Waals surface area (Å²) in [5.74, 6) is -2.07. The van der Waals surface area contributed by atoms with Crippen LogP contribution in [0.2, 0.25) is 0 Å². The first-order chi connectivity index (χ1) is 19.7. The highest BCUT2D eigenvalue weighted by molar-refractivity contribution is 7.92. The van der Waals surface area contributed by atoms with Gasteiger partial charge in [0, 0.05) is 18.2 Å². The molecule has 13 heteroatoms. The third kappa shape index (κ3) is 5.42. The molecule has 2 aliphatic rings. The number of ether oxygens (including phenoxy) is 1. The normalized spacial score (nSPS) is 24.6. The fraction of sp³-hybridized carbons (Fsp3) is 0.379. The molecule has 226 valence electrons. The standard InChI is InChI=1S/C29H28F5NO5S2/c1-40-23-7-2-19(3-8-23)18-35-27-12-14-28(17-20(27)13-15-41(35,36)37,25-16-22(30)6-11-26(25)31)42(38,39)24-9-4-21(5-10-24)29(32,33)34/h2-11,16,20,27H,12-15,17-18H2,1H3/t20-,27+,28-/m1/s1. The zero-order valence-corrected chi connectivity index (χ0v) is 24.1. The second-order valence-electron chi connectivity index (χ2n) is 10.7. The van der Waals surface area contributed by atoms with Crippen molar-refractivity contribution in [1.82, 2.24) is 4.31 Å². The first-order valence-corrected chi connectivity index (χ1v) is 16.3. The number of methoxy groups -OCH3 is 1. The van der Waals surface area contributed by atoms with Gasteiger partial charge in [-0.15, -0.1) is 0 Å². The van der Waals surface area contributed by atoms with E-state index in [2.05, 4.69) is 0 Å². The molecule has 1 heterocycles. The van der Waals surface area contributed by atoms with E-state index < -0.39 is 70.4 Å². The number of hydrogen-bond donors (Lipinski definition) is 0. The fourth-order valence-electron chi connectivity index (χ4n) is 6.23. The molecule has 1 aliphatic carbocycles. The largest absolute Gasteiger partial charge is 0.497 e. The van der Waals surface area contributed by atoms with E-state index in [1.807, 2.05) is 0 Å². The summed E-state index contributed by atoms with van der Waals surface area (Å²) in [6.45, 7) is 0.0282. The molecule has 0 aromatic heterocycles. The highest BCUT2D eigenvalue weighted by Gasteiger charge is 2.56. The maximum absolute atomic E-state index is 15.3. The Kier molecular flexibility index (Phi) is 7.90. The second kappa shape index (κ2) is 10.9. The molecular formula is C29H28F5NO5S2. The quantitative estimate of drug-likeness (QED) is 0.310. The van der Waals surface area contributed by atoms with Gasteiger partial charge in [0.1, 0.15) is 22.1 Å². The van der Waals surface area contributed by atoms with E-state index in [0.717, 1.165) is 30.3 Å². The van der Waals surface area contributed by atoms with Gasteiger partial charge in [0.25, 0.3) is 0 Å². The maximum atomic E-state index is 15.3. The average Bonchev–Trinajstić information content (AvgIpc) is 2.95. The van der Waals surface area contributed by atoms with Gasteiger partial charge >= 0.3 is 6.18 Å². The van der Waals surface area contributed by atoms with Gasteiger partial charge in [0.15, 0.2) is 9.84 Å². The molecule has 6 nitrogen and oxygen atoms in total. The van der Waals surface area contributed by atoms with Crippen LogP contribution in [0.15, 0.2) is 71.6 Å². The number of alkyl halides is 3. The van der Waals surface area contributed by atoms with Crippen molar-refractivity contribution in [2.24, 2.45) is 5.92 Å². The van der Waals surface area contributed by atoms with Crippen LogP contribution in [0.5, 0.6) is 5.75 Å². The molecule has 3 atom stereocenters. The lowest BCUT2D eigenvalue weighted by atomic mass is 9.73. The van der Waals surface area contributed by atoms with Crippen LogP contribution in [0.4, 0.5) is 22.0 Å². The minimum atomic E-state index is -4.70. The van der Waals surface area contributed by atoms with Gasteiger partial charge in [0.2, 0.25) is 10.0 Å². The summed E-state index contributed by atoms with van der Waals surface area (Å²) < 4.78 is 129. The SMILES string of the molecule is COc1ccc(CN2[C@H]3CC[C@@](c4cc(F)ccc4F)(S(=O)(=O)c4ccc(C(F)(F)F)cc4)C[C@H]3CCS2(=O)=O)cc1. The van der Waals surface area contributed by atoms with Crippen molar-refractivity contribution in [3.05, 3.63) is 95.1 Å². The number of rotatable bonds is 6. The molecule has 0 amide bonds. The molecule has 2 fully saturated rings. The Labute approximate surface area is 241 Å². The van der Waals surface area contributed by atoms with E-state index in [1.165, 1.54) is 11.4 Å². The van der Waals surface area contributed by atoms with Crippen LogP contribution in [-0.4, -0.2) is 40.0 Å². The number of sulfonamides is 1. The van der Waals surface area contributed by atoms with Gasteiger partial charge in [-0.3, -0.25) is 0 Å². The maximum Gasteiger partial charge on any atom is 0.416 e. The van der Waals surface area contributed by atoms with Gasteiger partial charge in [-0.25, -0.2) is 25.6 Å². The van der Waals surface area contributed by atoms with Crippen LogP contribution in [0.3, 0.4) is 0 Å². The van der Waals surface area contributed by atoms with Gasteiger partial charge in [-0.05, 0) is 91.8 Å². The van der Waals surface area contributed by atoms with E-state index in [4.69, 9.17) is 4.74 Å². The van der Waals surface area contributed by atoms with Crippen LogP contribution in [0.25, 0.3) is 0 Å². The molecule has 1 aliphatic heterocycles. The molecule has 0 spiro atoms. The van der Waals surface area contributed by atoms with E-state index in [1.54, 1.807) is 24.3 Å². The monoisotopic (exact) mass is 629 g/mol. The first-order valence-electron chi connectivity index (χ1n) is 13.2. The van der Waals surface area contributed by atoms with Crippen LogP contribution in [-0.2, 0) is 37.3 Å². The molecular weight excluding hydrogens is 601 g/mol. The van der Waals surface area contributed by atoms with Crippen molar-refractivity contribution < 1.29 is 43.5 Å². The molecule has 0 N–H and O–H groups in total. The number of fused-ring (bicyclic) bond motifs is 1. The Morgan fingerprint density at radius 3 is 2.26 bits per heavy atom. The van der Waals surface area contributed by atoms with Crippen molar-refractivity contribution in [3.63, 3.8) is 0 Å². The molecule has 3 aromatic carbocycles. The highest BCUT2D eigenvalue weighted by atomic mass is 32.2. The van der Waals surface area contributed by atoms with Gasteiger partial charge in [0.05, 0.1) is 23.3 Å². The molecule has 42 heavy (non-hydrogen) atoms. The van der Waals surface area contributed by atoms with Crippen LogP contribution < -0.4 is 4.74 Å². The smallest absolute Gasteiger partial charge is 0.416 e. The Bertz CT molecular complexity index is 1680. The summed E-state index contributed by atoms with van der Waals surface area (Å²) in [7, 11) is -6.81. The zero-order chi connectivity index (χ0) is 30.5. The van der Waals surface area contributed by atoms with Crippen molar-refractivity contribution in [1.29, 1.82) is 0 Å². The van der Waals surface area contributed by atoms with Crippen LogP contribution in [0.1, 0.15) is 42.4 Å². The number of halogens is 5. The molecule has 5 rings (SSSR count).